The molecule has 1 fully saturated rings. The van der Waals surface area contributed by atoms with Gasteiger partial charge in [-0.1, -0.05) is 11.6 Å². The van der Waals surface area contributed by atoms with E-state index < -0.39 is 0 Å². The molecular weight excluding hydrogens is 360 g/mol. The number of hydrogen-bond donors (Lipinski definition) is 3. The van der Waals surface area contributed by atoms with Crippen LogP contribution in [0.4, 0.5) is 5.69 Å². The lowest BCUT2D eigenvalue weighted by Gasteiger charge is -2.35. The van der Waals surface area contributed by atoms with E-state index in [1.54, 1.807) is 6.20 Å². The first-order valence-electron chi connectivity index (χ1n) is 9.35. The summed E-state index contributed by atoms with van der Waals surface area (Å²) in [5.74, 6) is 0.579. The van der Waals surface area contributed by atoms with E-state index in [-0.39, 0.29) is 0 Å². The summed E-state index contributed by atoms with van der Waals surface area (Å²) in [7, 11) is 1.85. The molecule has 7 heteroatoms. The van der Waals surface area contributed by atoms with Crippen molar-refractivity contribution in [2.24, 2.45) is 0 Å². The van der Waals surface area contributed by atoms with Gasteiger partial charge in [-0.15, -0.1) is 0 Å². The van der Waals surface area contributed by atoms with Gasteiger partial charge in [-0.2, -0.15) is 0 Å². The zero-order chi connectivity index (χ0) is 19.1. The molecular formula is C20H27ClN6. The van der Waals surface area contributed by atoms with Crippen LogP contribution < -0.4 is 10.6 Å². The van der Waals surface area contributed by atoms with Crippen molar-refractivity contribution < 1.29 is 0 Å². The summed E-state index contributed by atoms with van der Waals surface area (Å²) in [5, 5.41) is 16.3. The summed E-state index contributed by atoms with van der Waals surface area (Å²) >= 11 is 6.05. The molecule has 1 aromatic heterocycles. The quantitative estimate of drug-likeness (QED) is 0.388. The lowest BCUT2D eigenvalue weighted by atomic mass is 10.2. The van der Waals surface area contributed by atoms with E-state index in [4.69, 9.17) is 17.0 Å². The minimum Gasteiger partial charge on any atom is -0.394 e. The van der Waals surface area contributed by atoms with Crippen LogP contribution in [0.25, 0.3) is 10.9 Å². The van der Waals surface area contributed by atoms with Crippen LogP contribution in [0.15, 0.2) is 42.7 Å². The number of amidine groups is 1. The summed E-state index contributed by atoms with van der Waals surface area (Å²) in [4.78, 5) is 8.97. The van der Waals surface area contributed by atoms with Crippen LogP contribution in [0.3, 0.4) is 0 Å². The molecule has 2 heterocycles. The number of hydrogen-bond acceptors (Lipinski definition) is 5. The molecule has 3 rings (SSSR count). The van der Waals surface area contributed by atoms with Gasteiger partial charge in [0, 0.05) is 62.1 Å². The highest BCUT2D eigenvalue weighted by molar-refractivity contribution is 6.31. The Morgan fingerprint density at radius 3 is 2.85 bits per heavy atom. The Balaban J connectivity index is 1.41. The van der Waals surface area contributed by atoms with Crippen LogP contribution in [0.2, 0.25) is 5.02 Å². The van der Waals surface area contributed by atoms with Crippen molar-refractivity contribution >= 4 is 34.0 Å². The number of rotatable bonds is 7. The lowest BCUT2D eigenvalue weighted by Crippen LogP contribution is -2.48. The number of nitrogens with one attached hydrogen (secondary N) is 3. The number of fused-ring (bicyclic) bond motifs is 1. The second kappa shape index (κ2) is 9.58. The Bertz CT molecular complexity index is 798. The number of pyridine rings is 1. The van der Waals surface area contributed by atoms with Crippen LogP contribution in [0.1, 0.15) is 6.42 Å². The van der Waals surface area contributed by atoms with Gasteiger partial charge in [-0.05, 0) is 49.5 Å². The van der Waals surface area contributed by atoms with E-state index >= 15 is 0 Å². The van der Waals surface area contributed by atoms with E-state index in [1.165, 1.54) is 0 Å². The summed E-state index contributed by atoms with van der Waals surface area (Å²) in [6.07, 6.45) is 6.51. The Morgan fingerprint density at radius 1 is 1.26 bits per heavy atom. The fraction of sp³-hybridized carbons (Fsp3) is 0.400. The maximum absolute atomic E-state index is 8.05. The number of halogens is 1. The normalized spacial score (nSPS) is 15.4. The van der Waals surface area contributed by atoms with Crippen LogP contribution in [-0.4, -0.2) is 66.9 Å². The third kappa shape index (κ3) is 5.34. The average Bonchev–Trinajstić information content (AvgIpc) is 2.69. The molecule has 6 nitrogen and oxygen atoms in total. The van der Waals surface area contributed by atoms with Crippen molar-refractivity contribution in [1.82, 2.24) is 20.1 Å². The second-order valence-electron chi connectivity index (χ2n) is 6.64. The molecule has 1 saturated heterocycles. The molecule has 144 valence electrons. The first kappa shape index (κ1) is 19.5. The van der Waals surface area contributed by atoms with E-state index in [2.05, 4.69) is 25.4 Å². The number of aromatic nitrogens is 1. The number of piperazine rings is 1. The minimum atomic E-state index is 0.579. The molecule has 1 aliphatic heterocycles. The molecule has 0 saturated carbocycles. The van der Waals surface area contributed by atoms with Crippen LogP contribution in [0.5, 0.6) is 0 Å². The number of benzene rings is 1. The third-order valence-corrected chi connectivity index (χ3v) is 5.03. The van der Waals surface area contributed by atoms with Gasteiger partial charge in [-0.3, -0.25) is 15.3 Å². The van der Waals surface area contributed by atoms with Crippen molar-refractivity contribution in [3.8, 4) is 0 Å². The summed E-state index contributed by atoms with van der Waals surface area (Å²) in [6.45, 7) is 5.82. The first-order chi connectivity index (χ1) is 13.2. The van der Waals surface area contributed by atoms with Crippen molar-refractivity contribution in [2.45, 2.75) is 6.42 Å². The molecule has 27 heavy (non-hydrogen) atoms. The average molecular weight is 387 g/mol. The zero-order valence-corrected chi connectivity index (χ0v) is 16.5. The Hall–Kier alpha value is -2.31. The molecule has 0 unspecified atom stereocenters. The SMILES string of the molecule is CN/C=C\C(=N)N1CCN(CCCNc2ccnc3cc(Cl)ccc23)CC1. The van der Waals surface area contributed by atoms with Crippen LogP contribution >= 0.6 is 11.6 Å². The highest BCUT2D eigenvalue weighted by Gasteiger charge is 2.17. The number of anilines is 1. The fourth-order valence-corrected chi connectivity index (χ4v) is 3.45. The first-order valence-corrected chi connectivity index (χ1v) is 9.73. The van der Waals surface area contributed by atoms with Gasteiger partial charge in [0.1, 0.15) is 5.84 Å². The summed E-state index contributed by atoms with van der Waals surface area (Å²) < 4.78 is 0. The molecule has 2 aromatic rings. The van der Waals surface area contributed by atoms with Gasteiger partial charge in [0.25, 0.3) is 0 Å². The molecule has 1 aromatic carbocycles. The van der Waals surface area contributed by atoms with E-state index in [0.29, 0.717) is 10.9 Å². The fourth-order valence-electron chi connectivity index (χ4n) is 3.28. The maximum Gasteiger partial charge on any atom is 0.122 e. The lowest BCUT2D eigenvalue weighted by molar-refractivity contribution is 0.182. The smallest absolute Gasteiger partial charge is 0.122 e. The summed E-state index contributed by atoms with van der Waals surface area (Å²) in [6, 6.07) is 7.83. The Labute approximate surface area is 165 Å². The van der Waals surface area contributed by atoms with Crippen molar-refractivity contribution in [1.29, 1.82) is 5.41 Å². The van der Waals surface area contributed by atoms with Gasteiger partial charge in [0.15, 0.2) is 0 Å². The highest BCUT2D eigenvalue weighted by Crippen LogP contribution is 2.24. The predicted molar refractivity (Wildman–Crippen MR) is 114 cm³/mol. The van der Waals surface area contributed by atoms with Gasteiger partial charge >= 0.3 is 0 Å². The summed E-state index contributed by atoms with van der Waals surface area (Å²) in [5.41, 5.74) is 2.02. The van der Waals surface area contributed by atoms with E-state index in [9.17, 15) is 0 Å². The largest absolute Gasteiger partial charge is 0.394 e. The Kier molecular flexibility index (Phi) is 6.90. The van der Waals surface area contributed by atoms with E-state index in [0.717, 1.165) is 62.3 Å². The maximum atomic E-state index is 8.05. The van der Waals surface area contributed by atoms with Crippen molar-refractivity contribution in [2.75, 3.05) is 51.6 Å². The van der Waals surface area contributed by atoms with Crippen molar-refractivity contribution in [3.05, 3.63) is 47.8 Å². The molecule has 3 N–H and O–H groups in total. The molecule has 1 aliphatic rings. The van der Waals surface area contributed by atoms with Gasteiger partial charge in [0.05, 0.1) is 5.52 Å². The molecule has 0 bridgehead atoms. The number of nitrogens with zero attached hydrogens (tertiary/aromatic N) is 3. The van der Waals surface area contributed by atoms with Gasteiger partial charge in [-0.25, -0.2) is 0 Å². The molecule has 0 aliphatic carbocycles. The van der Waals surface area contributed by atoms with Crippen LogP contribution in [-0.2, 0) is 0 Å². The van der Waals surface area contributed by atoms with Gasteiger partial charge in [0.2, 0.25) is 0 Å². The van der Waals surface area contributed by atoms with Crippen LogP contribution in [0, 0.1) is 5.41 Å². The van der Waals surface area contributed by atoms with E-state index in [1.807, 2.05) is 43.6 Å². The second-order valence-corrected chi connectivity index (χ2v) is 7.07. The standard InChI is InChI=1S/C20H27ClN6/c1-23-8-6-20(22)27-13-11-26(12-14-27)10-2-7-24-18-5-9-25-19-15-16(21)3-4-17(18)19/h3-6,8-9,15,22-23H,2,7,10-14H2,1H3,(H,24,25)/b8-6-,22-20?. The Morgan fingerprint density at radius 2 is 2.07 bits per heavy atom. The zero-order valence-electron chi connectivity index (χ0n) is 15.7. The van der Waals surface area contributed by atoms with Crippen molar-refractivity contribution in [3.63, 3.8) is 0 Å². The monoisotopic (exact) mass is 386 g/mol. The topological polar surface area (TPSA) is 67.3 Å². The predicted octanol–water partition coefficient (Wildman–Crippen LogP) is 3.02. The molecule has 0 radical (unpaired) electrons. The third-order valence-electron chi connectivity index (χ3n) is 4.79. The highest BCUT2D eigenvalue weighted by atomic mass is 35.5. The van der Waals surface area contributed by atoms with Gasteiger partial charge < -0.3 is 15.5 Å². The molecule has 0 spiro atoms. The minimum absolute atomic E-state index is 0.579. The molecule has 0 amide bonds. The molecule has 0 atom stereocenters.